The maximum Gasteiger partial charge on any atom is 0.129 e. The van der Waals surface area contributed by atoms with Gasteiger partial charge in [-0.25, -0.2) is 4.39 Å². The summed E-state index contributed by atoms with van der Waals surface area (Å²) in [6, 6.07) is 10.1. The zero-order chi connectivity index (χ0) is 13.7. The van der Waals surface area contributed by atoms with E-state index in [1.54, 1.807) is 29.5 Å². The number of aliphatic hydroxyl groups excluding tert-OH is 1. The molecule has 2 rings (SSSR count). The van der Waals surface area contributed by atoms with E-state index in [4.69, 9.17) is 11.6 Å². The molecule has 0 aliphatic heterocycles. The van der Waals surface area contributed by atoms with Gasteiger partial charge in [-0.2, -0.15) is 0 Å². The molecule has 5 heteroatoms. The van der Waals surface area contributed by atoms with Gasteiger partial charge in [0.1, 0.15) is 5.82 Å². The minimum Gasteiger partial charge on any atom is -0.387 e. The summed E-state index contributed by atoms with van der Waals surface area (Å²) in [5.74, 6) is -0.373. The van der Waals surface area contributed by atoms with Crippen LogP contribution in [0.2, 0.25) is 4.34 Å². The fraction of sp³-hybridized carbons (Fsp3) is 0.286. The summed E-state index contributed by atoms with van der Waals surface area (Å²) in [4.78, 5) is 1.19. The number of nitrogens with one attached hydrogen (secondary N) is 1. The smallest absolute Gasteiger partial charge is 0.129 e. The molecule has 2 N–H and O–H groups in total. The van der Waals surface area contributed by atoms with Crippen LogP contribution >= 0.6 is 22.9 Å². The molecule has 1 heterocycles. The van der Waals surface area contributed by atoms with E-state index >= 15 is 0 Å². The van der Waals surface area contributed by atoms with Crippen molar-refractivity contribution in [3.8, 4) is 0 Å². The van der Waals surface area contributed by atoms with Gasteiger partial charge in [-0.3, -0.25) is 0 Å². The standard InChI is InChI=1S/C14H15ClFNOS/c15-14-6-5-10(19-14)7-8-17-9-13(18)11-3-1-2-4-12(11)16/h1-6,13,17-18H,7-9H2. The molecule has 0 aliphatic carbocycles. The predicted molar refractivity (Wildman–Crippen MR) is 77.3 cm³/mol. The Bertz CT molecular complexity index is 532. The minimum absolute atomic E-state index is 0.328. The molecule has 0 amide bonds. The van der Waals surface area contributed by atoms with Crippen molar-refractivity contribution in [2.45, 2.75) is 12.5 Å². The highest BCUT2D eigenvalue weighted by Gasteiger charge is 2.11. The van der Waals surface area contributed by atoms with Crippen molar-refractivity contribution in [2.24, 2.45) is 0 Å². The highest BCUT2D eigenvalue weighted by Crippen LogP contribution is 2.21. The summed E-state index contributed by atoms with van der Waals surface area (Å²) in [7, 11) is 0. The summed E-state index contributed by atoms with van der Waals surface area (Å²) in [5.41, 5.74) is 0.328. The first-order valence-electron chi connectivity index (χ1n) is 6.04. The third-order valence-electron chi connectivity index (χ3n) is 2.78. The molecule has 0 fully saturated rings. The Morgan fingerprint density at radius 1 is 1.26 bits per heavy atom. The highest BCUT2D eigenvalue weighted by molar-refractivity contribution is 7.16. The summed E-state index contributed by atoms with van der Waals surface area (Å²) in [5, 5.41) is 13.0. The van der Waals surface area contributed by atoms with Crippen LogP contribution in [0, 0.1) is 5.82 Å². The molecule has 2 aromatic rings. The molecule has 0 saturated heterocycles. The van der Waals surface area contributed by atoms with E-state index in [1.807, 2.05) is 12.1 Å². The Labute approximate surface area is 120 Å². The fourth-order valence-electron chi connectivity index (χ4n) is 1.79. The molecule has 1 atom stereocenters. The maximum absolute atomic E-state index is 13.4. The van der Waals surface area contributed by atoms with Gasteiger partial charge in [-0.15, -0.1) is 11.3 Å². The molecular weight excluding hydrogens is 285 g/mol. The lowest BCUT2D eigenvalue weighted by atomic mass is 10.1. The van der Waals surface area contributed by atoms with Crippen molar-refractivity contribution >= 4 is 22.9 Å². The van der Waals surface area contributed by atoms with Crippen LogP contribution in [0.3, 0.4) is 0 Å². The van der Waals surface area contributed by atoms with Gasteiger partial charge >= 0.3 is 0 Å². The summed E-state index contributed by atoms with van der Waals surface area (Å²) in [6.45, 7) is 1.06. The van der Waals surface area contributed by atoms with Crippen molar-refractivity contribution in [2.75, 3.05) is 13.1 Å². The molecular formula is C14H15ClFNOS. The number of hydrogen-bond donors (Lipinski definition) is 2. The van der Waals surface area contributed by atoms with Crippen molar-refractivity contribution < 1.29 is 9.50 Å². The van der Waals surface area contributed by atoms with E-state index in [1.165, 1.54) is 10.9 Å². The first-order valence-corrected chi connectivity index (χ1v) is 7.23. The van der Waals surface area contributed by atoms with Crippen molar-refractivity contribution in [1.82, 2.24) is 5.32 Å². The largest absolute Gasteiger partial charge is 0.387 e. The maximum atomic E-state index is 13.4. The van der Waals surface area contributed by atoms with Crippen LogP contribution in [-0.2, 0) is 6.42 Å². The van der Waals surface area contributed by atoms with Crippen molar-refractivity contribution in [3.63, 3.8) is 0 Å². The number of benzene rings is 1. The normalized spacial score (nSPS) is 12.6. The number of halogens is 2. The van der Waals surface area contributed by atoms with Gasteiger partial charge in [0.2, 0.25) is 0 Å². The van der Waals surface area contributed by atoms with Gasteiger partial charge in [-0.1, -0.05) is 29.8 Å². The van der Waals surface area contributed by atoms with Gasteiger partial charge in [0.05, 0.1) is 10.4 Å². The second-order valence-corrected chi connectivity index (χ2v) is 6.00. The molecule has 0 aliphatic rings. The lowest BCUT2D eigenvalue weighted by Crippen LogP contribution is -2.24. The quantitative estimate of drug-likeness (QED) is 0.801. The number of thiophene rings is 1. The van der Waals surface area contributed by atoms with Crippen LogP contribution in [0.1, 0.15) is 16.5 Å². The van der Waals surface area contributed by atoms with E-state index in [0.717, 1.165) is 17.3 Å². The Morgan fingerprint density at radius 3 is 2.74 bits per heavy atom. The number of rotatable bonds is 6. The SMILES string of the molecule is OC(CNCCc1ccc(Cl)s1)c1ccccc1F. The van der Waals surface area contributed by atoms with E-state index in [2.05, 4.69) is 5.32 Å². The van der Waals surface area contributed by atoms with Gasteiger partial charge in [0, 0.05) is 23.5 Å². The third kappa shape index (κ3) is 4.28. The van der Waals surface area contributed by atoms with Gasteiger partial charge < -0.3 is 10.4 Å². The van der Waals surface area contributed by atoms with E-state index in [9.17, 15) is 9.50 Å². The number of aliphatic hydroxyl groups is 1. The zero-order valence-electron chi connectivity index (χ0n) is 10.3. The van der Waals surface area contributed by atoms with Crippen LogP contribution in [-0.4, -0.2) is 18.2 Å². The molecule has 0 bridgehead atoms. The second-order valence-electron chi connectivity index (χ2n) is 4.20. The average Bonchev–Trinajstić information content (AvgIpc) is 2.81. The van der Waals surface area contributed by atoms with E-state index in [0.29, 0.717) is 12.1 Å². The fourth-order valence-corrected chi connectivity index (χ4v) is 2.88. The monoisotopic (exact) mass is 299 g/mol. The topological polar surface area (TPSA) is 32.3 Å². The van der Waals surface area contributed by atoms with E-state index < -0.39 is 6.10 Å². The van der Waals surface area contributed by atoms with Crippen LogP contribution in [0.25, 0.3) is 0 Å². The van der Waals surface area contributed by atoms with Crippen LogP contribution in [0.4, 0.5) is 4.39 Å². The molecule has 1 aromatic carbocycles. The molecule has 0 spiro atoms. The third-order valence-corrected chi connectivity index (χ3v) is 4.07. The minimum atomic E-state index is -0.826. The molecule has 0 saturated carbocycles. The Balaban J connectivity index is 1.75. The first-order chi connectivity index (χ1) is 9.16. The van der Waals surface area contributed by atoms with Crippen molar-refractivity contribution in [3.05, 3.63) is 57.0 Å². The predicted octanol–water partition coefficient (Wildman–Crippen LogP) is 3.41. The molecule has 102 valence electrons. The molecule has 0 radical (unpaired) electrons. The van der Waals surface area contributed by atoms with Crippen LogP contribution < -0.4 is 5.32 Å². The Morgan fingerprint density at radius 2 is 2.05 bits per heavy atom. The lowest BCUT2D eigenvalue weighted by molar-refractivity contribution is 0.170. The summed E-state index contributed by atoms with van der Waals surface area (Å²) >= 11 is 7.39. The highest BCUT2D eigenvalue weighted by atomic mass is 35.5. The average molecular weight is 300 g/mol. The van der Waals surface area contributed by atoms with Gasteiger partial charge in [0.25, 0.3) is 0 Å². The number of hydrogen-bond acceptors (Lipinski definition) is 3. The molecule has 1 unspecified atom stereocenters. The van der Waals surface area contributed by atoms with Gasteiger partial charge in [0.15, 0.2) is 0 Å². The van der Waals surface area contributed by atoms with Gasteiger partial charge in [-0.05, 0) is 24.6 Å². The van der Waals surface area contributed by atoms with Crippen molar-refractivity contribution in [1.29, 1.82) is 0 Å². The Kier molecular flexibility index (Phi) is 5.34. The summed E-state index contributed by atoms with van der Waals surface area (Å²) in [6.07, 6.45) is 0.0228. The lowest BCUT2D eigenvalue weighted by Gasteiger charge is -2.12. The first kappa shape index (κ1) is 14.5. The van der Waals surface area contributed by atoms with Crippen LogP contribution in [0.15, 0.2) is 36.4 Å². The van der Waals surface area contributed by atoms with Crippen LogP contribution in [0.5, 0.6) is 0 Å². The summed E-state index contributed by atoms with van der Waals surface area (Å²) < 4.78 is 14.2. The zero-order valence-corrected chi connectivity index (χ0v) is 11.8. The van der Waals surface area contributed by atoms with E-state index in [-0.39, 0.29) is 5.82 Å². The molecule has 2 nitrogen and oxygen atoms in total. The second kappa shape index (κ2) is 7.01. The molecule has 1 aromatic heterocycles. The Hall–Kier alpha value is -0.940. The molecule has 19 heavy (non-hydrogen) atoms.